The van der Waals surface area contributed by atoms with Gasteiger partial charge in [-0.05, 0) is 34.1 Å². The van der Waals surface area contributed by atoms with Crippen LogP contribution in [0.25, 0.3) is 0 Å². The molecule has 0 fully saturated rings. The molecule has 0 aromatic rings. The van der Waals surface area contributed by atoms with Gasteiger partial charge in [-0.25, -0.2) is 8.42 Å². The molecule has 1 N–H and O–H groups in total. The van der Waals surface area contributed by atoms with Gasteiger partial charge in [0.15, 0.2) is 9.84 Å². The van der Waals surface area contributed by atoms with Crippen molar-refractivity contribution in [2.75, 3.05) is 12.3 Å². The quantitative estimate of drug-likeness (QED) is 0.766. The van der Waals surface area contributed by atoms with Crippen molar-refractivity contribution in [1.29, 1.82) is 0 Å². The highest BCUT2D eigenvalue weighted by Gasteiger charge is 2.28. The lowest BCUT2D eigenvalue weighted by Crippen LogP contribution is -2.37. The van der Waals surface area contributed by atoms with Crippen molar-refractivity contribution < 1.29 is 8.42 Å². The third kappa shape index (κ3) is 6.21. The van der Waals surface area contributed by atoms with E-state index in [1.165, 1.54) is 0 Å². The van der Waals surface area contributed by atoms with Gasteiger partial charge in [-0.3, -0.25) is 0 Å². The molecule has 0 rings (SSSR count). The van der Waals surface area contributed by atoms with E-state index in [9.17, 15) is 8.42 Å². The van der Waals surface area contributed by atoms with Crippen molar-refractivity contribution >= 4 is 25.8 Å². The van der Waals surface area contributed by atoms with Gasteiger partial charge in [0.05, 0.1) is 10.5 Å². The number of sulfone groups is 1. The van der Waals surface area contributed by atoms with Crippen LogP contribution in [0.5, 0.6) is 0 Å². The van der Waals surface area contributed by atoms with Crippen molar-refractivity contribution in [2.24, 2.45) is 0 Å². The maximum absolute atomic E-state index is 11.8. The highest BCUT2D eigenvalue weighted by Crippen LogP contribution is 2.15. The van der Waals surface area contributed by atoms with Gasteiger partial charge in [-0.2, -0.15) is 0 Å². The molecule has 0 saturated heterocycles. The summed E-state index contributed by atoms with van der Waals surface area (Å²) in [6.45, 7) is 9.91. The van der Waals surface area contributed by atoms with Gasteiger partial charge in [0.2, 0.25) is 0 Å². The zero-order valence-corrected chi connectivity index (χ0v) is 13.3. The van der Waals surface area contributed by atoms with Gasteiger partial charge in [0.1, 0.15) is 0 Å². The highest BCUT2D eigenvalue weighted by atomic mass is 79.9. The van der Waals surface area contributed by atoms with E-state index in [-0.39, 0.29) is 5.75 Å². The number of alkyl halides is 1. The van der Waals surface area contributed by atoms with Gasteiger partial charge in [-0.15, -0.1) is 0 Å². The summed E-state index contributed by atoms with van der Waals surface area (Å²) in [5.74, 6) is 0.206. The van der Waals surface area contributed by atoms with Crippen LogP contribution < -0.4 is 5.32 Å². The SMILES string of the molecule is CC(Br)CC(C)NCCS(=O)(=O)C(C)(C)C. The van der Waals surface area contributed by atoms with Crippen LogP contribution in [0.1, 0.15) is 41.0 Å². The maximum Gasteiger partial charge on any atom is 0.156 e. The molecule has 0 radical (unpaired) electrons. The van der Waals surface area contributed by atoms with E-state index in [2.05, 4.69) is 35.1 Å². The van der Waals surface area contributed by atoms with Crippen LogP contribution >= 0.6 is 15.9 Å². The summed E-state index contributed by atoms with van der Waals surface area (Å²) < 4.78 is 23.0. The highest BCUT2D eigenvalue weighted by molar-refractivity contribution is 9.09. The first-order valence-corrected chi connectivity index (χ1v) is 8.23. The molecule has 98 valence electrons. The molecule has 2 atom stereocenters. The number of hydrogen-bond donors (Lipinski definition) is 1. The Labute approximate surface area is 108 Å². The zero-order chi connectivity index (χ0) is 13.0. The molecular weight excluding hydrogens is 290 g/mol. The average molecular weight is 314 g/mol. The summed E-state index contributed by atoms with van der Waals surface area (Å²) in [6, 6.07) is 0.338. The minimum absolute atomic E-state index is 0.206. The first-order valence-electron chi connectivity index (χ1n) is 5.66. The molecule has 0 aromatic heterocycles. The number of hydrogen-bond acceptors (Lipinski definition) is 3. The normalized spacial score (nSPS) is 17.1. The molecular formula is C11H24BrNO2S. The average Bonchev–Trinajstić information content (AvgIpc) is 1.99. The smallest absolute Gasteiger partial charge is 0.156 e. The molecule has 3 nitrogen and oxygen atoms in total. The molecule has 0 amide bonds. The van der Waals surface area contributed by atoms with Crippen LogP contribution in [-0.4, -0.2) is 36.3 Å². The van der Waals surface area contributed by atoms with Crippen LogP contribution in [0.4, 0.5) is 0 Å². The number of rotatable bonds is 6. The van der Waals surface area contributed by atoms with Crippen LogP contribution in [0.2, 0.25) is 0 Å². The molecule has 2 unspecified atom stereocenters. The molecule has 0 spiro atoms. The monoisotopic (exact) mass is 313 g/mol. The summed E-state index contributed by atoms with van der Waals surface area (Å²) in [4.78, 5) is 0.453. The fourth-order valence-corrected chi connectivity index (χ4v) is 2.88. The lowest BCUT2D eigenvalue weighted by atomic mass is 10.2. The number of nitrogens with one attached hydrogen (secondary N) is 1. The van der Waals surface area contributed by atoms with Crippen molar-refractivity contribution in [1.82, 2.24) is 5.32 Å². The van der Waals surface area contributed by atoms with E-state index >= 15 is 0 Å². The molecule has 0 saturated carbocycles. The molecule has 0 aliphatic carbocycles. The lowest BCUT2D eigenvalue weighted by Gasteiger charge is -2.20. The minimum Gasteiger partial charge on any atom is -0.313 e. The molecule has 0 bridgehead atoms. The minimum atomic E-state index is -3.00. The first kappa shape index (κ1) is 16.4. The lowest BCUT2D eigenvalue weighted by molar-refractivity contribution is 0.520. The van der Waals surface area contributed by atoms with Crippen LogP contribution in [0, 0.1) is 0 Å². The van der Waals surface area contributed by atoms with Gasteiger partial charge in [0.25, 0.3) is 0 Å². The standard InChI is InChI=1S/C11H24BrNO2S/c1-9(12)8-10(2)13-6-7-16(14,15)11(3,4)5/h9-10,13H,6-8H2,1-5H3. The van der Waals surface area contributed by atoms with Crippen LogP contribution in [0.3, 0.4) is 0 Å². The van der Waals surface area contributed by atoms with Crippen molar-refractivity contribution in [3.63, 3.8) is 0 Å². The Morgan fingerprint density at radius 1 is 1.25 bits per heavy atom. The second kappa shape index (κ2) is 6.36. The Hall–Kier alpha value is 0.390. The Balaban J connectivity index is 4.00. The summed E-state index contributed by atoms with van der Waals surface area (Å²) in [6.07, 6.45) is 0.996. The summed E-state index contributed by atoms with van der Waals surface area (Å²) in [5.41, 5.74) is 0. The predicted molar refractivity (Wildman–Crippen MR) is 74.0 cm³/mol. The van der Waals surface area contributed by atoms with E-state index in [0.29, 0.717) is 17.4 Å². The second-order valence-electron chi connectivity index (χ2n) is 5.30. The molecule has 16 heavy (non-hydrogen) atoms. The van der Waals surface area contributed by atoms with E-state index in [4.69, 9.17) is 0 Å². The van der Waals surface area contributed by atoms with Gasteiger partial charge in [0, 0.05) is 17.4 Å². The fraction of sp³-hybridized carbons (Fsp3) is 1.00. The molecule has 0 heterocycles. The van der Waals surface area contributed by atoms with E-state index < -0.39 is 14.6 Å². The van der Waals surface area contributed by atoms with E-state index in [1.54, 1.807) is 20.8 Å². The van der Waals surface area contributed by atoms with Crippen LogP contribution in [-0.2, 0) is 9.84 Å². The maximum atomic E-state index is 11.8. The summed E-state index contributed by atoms with van der Waals surface area (Å²) in [7, 11) is -3.00. The van der Waals surface area contributed by atoms with Crippen molar-refractivity contribution in [2.45, 2.75) is 56.7 Å². The molecule has 5 heteroatoms. The Morgan fingerprint density at radius 3 is 2.12 bits per heavy atom. The van der Waals surface area contributed by atoms with Gasteiger partial charge < -0.3 is 5.32 Å². The molecule has 0 aliphatic heterocycles. The zero-order valence-electron chi connectivity index (χ0n) is 10.9. The fourth-order valence-electron chi connectivity index (χ4n) is 1.32. The second-order valence-corrected chi connectivity index (χ2v) is 9.73. The first-order chi connectivity index (χ1) is 7.06. The van der Waals surface area contributed by atoms with Crippen molar-refractivity contribution in [3.05, 3.63) is 0 Å². The Morgan fingerprint density at radius 2 is 1.75 bits per heavy atom. The topological polar surface area (TPSA) is 46.2 Å². The summed E-state index contributed by atoms with van der Waals surface area (Å²) in [5, 5.41) is 3.23. The Kier molecular flexibility index (Phi) is 6.51. The largest absolute Gasteiger partial charge is 0.313 e. The van der Waals surface area contributed by atoms with Crippen molar-refractivity contribution in [3.8, 4) is 0 Å². The Bertz CT molecular complexity index is 294. The third-order valence-electron chi connectivity index (χ3n) is 2.47. The predicted octanol–water partition coefficient (Wildman–Crippen LogP) is 2.35. The molecule has 0 aromatic carbocycles. The third-order valence-corrected chi connectivity index (χ3v) is 5.46. The van der Waals surface area contributed by atoms with E-state index in [1.807, 2.05) is 0 Å². The van der Waals surface area contributed by atoms with Crippen LogP contribution in [0.15, 0.2) is 0 Å². The van der Waals surface area contributed by atoms with E-state index in [0.717, 1.165) is 6.42 Å². The van der Waals surface area contributed by atoms with Gasteiger partial charge >= 0.3 is 0 Å². The summed E-state index contributed by atoms with van der Waals surface area (Å²) >= 11 is 3.48. The number of halogens is 1. The van der Waals surface area contributed by atoms with Gasteiger partial charge in [-0.1, -0.05) is 22.9 Å². The molecule has 0 aliphatic rings.